The summed E-state index contributed by atoms with van der Waals surface area (Å²) in [6.45, 7) is 5.98. The maximum Gasteiger partial charge on any atom is 0.0233 e. The number of nitrogens with zero attached hydrogens (tertiary/aromatic N) is 2. The molecule has 1 saturated heterocycles. The average Bonchev–Trinajstić information content (AvgIpc) is 3.05. The van der Waals surface area contributed by atoms with Crippen molar-refractivity contribution < 1.29 is 0 Å². The molecular weight excluding hydrogens is 258 g/mol. The fraction of sp³-hybridized carbons (Fsp3) is 0.667. The zero-order valence-corrected chi connectivity index (χ0v) is 13.5. The predicted octanol–water partition coefficient (Wildman–Crippen LogP) is 2.05. The molecule has 1 N–H and O–H groups in total. The number of hydrogen-bond acceptors (Lipinski definition) is 3. The smallest absolute Gasteiger partial charge is 0.0233 e. The molecule has 1 aliphatic carbocycles. The largest absolute Gasteiger partial charge is 0.318 e. The average molecular weight is 287 g/mol. The first kappa shape index (κ1) is 15.0. The maximum absolute atomic E-state index is 3.27. The number of nitrogens with one attached hydrogen (secondary N) is 1. The quantitative estimate of drug-likeness (QED) is 0.864. The lowest BCUT2D eigenvalue weighted by atomic mass is 9.97. The molecule has 2 aliphatic rings. The predicted molar refractivity (Wildman–Crippen MR) is 88.3 cm³/mol. The van der Waals surface area contributed by atoms with Crippen molar-refractivity contribution in [1.29, 1.82) is 0 Å². The van der Waals surface area contributed by atoms with Gasteiger partial charge in [-0.2, -0.15) is 0 Å². The van der Waals surface area contributed by atoms with Crippen LogP contribution in [0.2, 0.25) is 0 Å². The monoisotopic (exact) mass is 287 g/mol. The Kier molecular flexibility index (Phi) is 4.94. The van der Waals surface area contributed by atoms with Gasteiger partial charge in [-0.1, -0.05) is 30.3 Å². The Morgan fingerprint density at radius 3 is 2.76 bits per heavy atom. The van der Waals surface area contributed by atoms with Crippen LogP contribution in [0.5, 0.6) is 0 Å². The highest BCUT2D eigenvalue weighted by Crippen LogP contribution is 2.40. The Morgan fingerprint density at radius 1 is 1.19 bits per heavy atom. The molecule has 0 spiro atoms. The van der Waals surface area contributed by atoms with Crippen LogP contribution in [0.4, 0.5) is 0 Å². The molecule has 21 heavy (non-hydrogen) atoms. The van der Waals surface area contributed by atoms with Crippen LogP contribution in [0.3, 0.4) is 0 Å². The highest BCUT2D eigenvalue weighted by Gasteiger charge is 2.43. The Bertz CT molecular complexity index is 433. The van der Waals surface area contributed by atoms with E-state index >= 15 is 0 Å². The second-order valence-electron chi connectivity index (χ2n) is 6.83. The first-order valence-electron chi connectivity index (χ1n) is 8.39. The summed E-state index contributed by atoms with van der Waals surface area (Å²) in [5, 5.41) is 3.27. The zero-order chi connectivity index (χ0) is 14.7. The Morgan fingerprint density at radius 2 is 2.00 bits per heavy atom. The van der Waals surface area contributed by atoms with Gasteiger partial charge in [0.2, 0.25) is 0 Å². The fourth-order valence-corrected chi connectivity index (χ4v) is 4.30. The van der Waals surface area contributed by atoms with Gasteiger partial charge in [-0.05, 0) is 44.3 Å². The van der Waals surface area contributed by atoms with Crippen LogP contribution in [0.15, 0.2) is 30.3 Å². The van der Waals surface area contributed by atoms with E-state index in [9.17, 15) is 0 Å². The van der Waals surface area contributed by atoms with Gasteiger partial charge in [0.1, 0.15) is 0 Å². The number of likely N-dealkylation sites (N-methyl/N-ethyl adjacent to an activating group) is 2. The van der Waals surface area contributed by atoms with Gasteiger partial charge < -0.3 is 10.2 Å². The van der Waals surface area contributed by atoms with E-state index in [1.54, 1.807) is 0 Å². The zero-order valence-electron chi connectivity index (χ0n) is 13.5. The van der Waals surface area contributed by atoms with Crippen LogP contribution < -0.4 is 5.32 Å². The van der Waals surface area contributed by atoms with Gasteiger partial charge in [0.25, 0.3) is 0 Å². The summed E-state index contributed by atoms with van der Waals surface area (Å²) >= 11 is 0. The van der Waals surface area contributed by atoms with E-state index in [0.717, 1.165) is 31.0 Å². The molecule has 2 fully saturated rings. The second kappa shape index (κ2) is 6.91. The van der Waals surface area contributed by atoms with Crippen molar-refractivity contribution in [2.24, 2.45) is 11.8 Å². The minimum atomic E-state index is 0.795. The van der Waals surface area contributed by atoms with E-state index in [1.165, 1.54) is 38.0 Å². The van der Waals surface area contributed by atoms with Crippen molar-refractivity contribution >= 4 is 0 Å². The van der Waals surface area contributed by atoms with E-state index in [2.05, 4.69) is 52.5 Å². The molecule has 116 valence electrons. The Balaban J connectivity index is 1.56. The number of fused-ring (bicyclic) bond motifs is 1. The number of hydrogen-bond donors (Lipinski definition) is 1. The van der Waals surface area contributed by atoms with Gasteiger partial charge >= 0.3 is 0 Å². The minimum Gasteiger partial charge on any atom is -0.318 e. The fourth-order valence-electron chi connectivity index (χ4n) is 4.30. The summed E-state index contributed by atoms with van der Waals surface area (Å²) < 4.78 is 0. The van der Waals surface area contributed by atoms with Crippen molar-refractivity contribution in [1.82, 2.24) is 15.1 Å². The molecule has 3 nitrogen and oxygen atoms in total. The van der Waals surface area contributed by atoms with Crippen molar-refractivity contribution in [2.45, 2.75) is 25.4 Å². The molecule has 1 aromatic carbocycles. The summed E-state index contributed by atoms with van der Waals surface area (Å²) in [6.07, 6.45) is 2.82. The topological polar surface area (TPSA) is 18.5 Å². The van der Waals surface area contributed by atoms with Crippen LogP contribution in [0.25, 0.3) is 0 Å². The third kappa shape index (κ3) is 3.47. The molecule has 0 bridgehead atoms. The van der Waals surface area contributed by atoms with E-state index < -0.39 is 0 Å². The molecule has 0 aromatic heterocycles. The van der Waals surface area contributed by atoms with Gasteiger partial charge in [-0.25, -0.2) is 0 Å². The van der Waals surface area contributed by atoms with E-state index in [4.69, 9.17) is 0 Å². The summed E-state index contributed by atoms with van der Waals surface area (Å²) in [4.78, 5) is 5.26. The van der Waals surface area contributed by atoms with Crippen molar-refractivity contribution in [3.63, 3.8) is 0 Å². The van der Waals surface area contributed by atoms with Crippen LogP contribution in [-0.2, 0) is 6.54 Å². The lowest BCUT2D eigenvalue weighted by molar-refractivity contribution is 0.184. The van der Waals surface area contributed by atoms with Crippen LogP contribution >= 0.6 is 0 Å². The normalized spacial score (nSPS) is 29.2. The summed E-state index contributed by atoms with van der Waals surface area (Å²) in [7, 11) is 4.35. The second-order valence-corrected chi connectivity index (χ2v) is 6.83. The van der Waals surface area contributed by atoms with E-state index in [0.29, 0.717) is 0 Å². The summed E-state index contributed by atoms with van der Waals surface area (Å²) in [6, 6.07) is 11.7. The molecule has 3 unspecified atom stereocenters. The van der Waals surface area contributed by atoms with Gasteiger partial charge in [-0.15, -0.1) is 0 Å². The van der Waals surface area contributed by atoms with E-state index in [1.807, 2.05) is 7.05 Å². The first-order valence-corrected chi connectivity index (χ1v) is 8.39. The van der Waals surface area contributed by atoms with Crippen molar-refractivity contribution in [3.8, 4) is 0 Å². The molecular formula is C18H29N3. The van der Waals surface area contributed by atoms with Crippen LogP contribution in [-0.4, -0.2) is 56.1 Å². The highest BCUT2D eigenvalue weighted by molar-refractivity contribution is 5.15. The Hall–Kier alpha value is -0.900. The molecule has 1 heterocycles. The van der Waals surface area contributed by atoms with E-state index in [-0.39, 0.29) is 0 Å². The molecule has 0 radical (unpaired) electrons. The first-order chi connectivity index (χ1) is 10.3. The SMILES string of the molecule is CNCCN(C)C1CCC2CN(Cc3ccccc3)CC21. The molecule has 3 atom stereocenters. The molecule has 3 heteroatoms. The Labute approximate surface area is 129 Å². The van der Waals surface area contributed by atoms with Crippen LogP contribution in [0, 0.1) is 11.8 Å². The number of likely N-dealkylation sites (tertiary alicyclic amines) is 1. The van der Waals surface area contributed by atoms with Gasteiger partial charge in [-0.3, -0.25) is 4.90 Å². The summed E-state index contributed by atoms with van der Waals surface area (Å²) in [5.74, 6) is 1.81. The van der Waals surface area contributed by atoms with Crippen LogP contribution in [0.1, 0.15) is 18.4 Å². The number of rotatable bonds is 6. The standard InChI is InChI=1S/C18H29N3/c1-19-10-11-20(2)18-9-8-16-13-21(14-17(16)18)12-15-6-4-3-5-7-15/h3-7,16-19H,8-14H2,1-2H3. The highest BCUT2D eigenvalue weighted by atomic mass is 15.2. The maximum atomic E-state index is 3.27. The van der Waals surface area contributed by atoms with Gasteiger partial charge in [0.05, 0.1) is 0 Å². The summed E-state index contributed by atoms with van der Waals surface area (Å²) in [5.41, 5.74) is 1.46. The lowest BCUT2D eigenvalue weighted by Crippen LogP contribution is -2.40. The third-order valence-corrected chi connectivity index (χ3v) is 5.42. The molecule has 3 rings (SSSR count). The number of benzene rings is 1. The lowest BCUT2D eigenvalue weighted by Gasteiger charge is -2.29. The molecule has 1 aliphatic heterocycles. The van der Waals surface area contributed by atoms with Gasteiger partial charge in [0, 0.05) is 38.8 Å². The van der Waals surface area contributed by atoms with Gasteiger partial charge in [0.15, 0.2) is 0 Å². The van der Waals surface area contributed by atoms with Crippen molar-refractivity contribution in [3.05, 3.63) is 35.9 Å². The molecule has 1 saturated carbocycles. The molecule has 0 amide bonds. The minimum absolute atomic E-state index is 0.795. The molecule has 1 aromatic rings. The van der Waals surface area contributed by atoms with Crippen molar-refractivity contribution in [2.75, 3.05) is 40.3 Å². The third-order valence-electron chi connectivity index (χ3n) is 5.42.